The van der Waals surface area contributed by atoms with E-state index < -0.39 is 7.07 Å². The predicted octanol–water partition coefficient (Wildman–Crippen LogP) is 6.61. The van der Waals surface area contributed by atoms with Gasteiger partial charge in [-0.2, -0.15) is 0 Å². The minimum absolute atomic E-state index is 0.0279. The lowest BCUT2D eigenvalue weighted by atomic mass is 9.97. The molecule has 0 aliphatic carbocycles. The van der Waals surface area contributed by atoms with Crippen molar-refractivity contribution in [1.29, 1.82) is 0 Å². The molecular weight excluding hydrogens is 539 g/mol. The summed E-state index contributed by atoms with van der Waals surface area (Å²) in [6, 6.07) is 12.5. The van der Waals surface area contributed by atoms with Crippen LogP contribution in [0, 0.1) is 10.1 Å². The minimum atomic E-state index is -0.568. The van der Waals surface area contributed by atoms with Crippen LogP contribution in [0.4, 0.5) is 5.69 Å². The van der Waals surface area contributed by atoms with Gasteiger partial charge in [0.15, 0.2) is 2.14 Å². The molecule has 0 fully saturated rings. The Morgan fingerprint density at radius 3 is 2.60 bits per heavy atom. The lowest BCUT2D eigenvalue weighted by molar-refractivity contribution is -0.384. The summed E-state index contributed by atoms with van der Waals surface area (Å²) in [4.78, 5) is 12.7. The van der Waals surface area contributed by atoms with Crippen molar-refractivity contribution in [1.82, 2.24) is 4.90 Å². The third-order valence-electron chi connectivity index (χ3n) is 3.97. The number of non-ortho nitro benzene ring substituents is 1. The molecule has 0 amide bonds. The van der Waals surface area contributed by atoms with Crippen molar-refractivity contribution in [3.63, 3.8) is 0 Å². The summed E-state index contributed by atoms with van der Waals surface area (Å²) in [6.45, 7) is 0.431. The van der Waals surface area contributed by atoms with E-state index in [1.54, 1.807) is 6.07 Å². The van der Waals surface area contributed by atoms with Gasteiger partial charge in [-0.1, -0.05) is 83.7 Å². The van der Waals surface area contributed by atoms with Gasteiger partial charge in [0.05, 0.1) is 11.0 Å². The average molecular weight is 551 g/mol. The topological polar surface area (TPSA) is 46.4 Å². The number of benzene rings is 2. The van der Waals surface area contributed by atoms with Crippen molar-refractivity contribution in [2.45, 2.75) is 14.7 Å². The van der Waals surface area contributed by atoms with Crippen molar-refractivity contribution in [3.8, 4) is 0 Å². The number of hydrogen-bond donors (Lipinski definition) is 0. The maximum atomic E-state index is 11.1. The van der Waals surface area contributed by atoms with E-state index in [1.807, 2.05) is 24.4 Å². The Kier molecular flexibility index (Phi) is 5.58. The van der Waals surface area contributed by atoms with Crippen LogP contribution in [0.15, 0.2) is 48.7 Å². The molecule has 8 heteroatoms. The van der Waals surface area contributed by atoms with Crippen molar-refractivity contribution in [2.75, 3.05) is 0 Å². The van der Waals surface area contributed by atoms with Crippen molar-refractivity contribution >= 4 is 71.2 Å². The Bertz CT molecular complexity index is 852. The van der Waals surface area contributed by atoms with Crippen LogP contribution in [0.1, 0.15) is 22.7 Å². The van der Waals surface area contributed by atoms with Gasteiger partial charge in [-0.3, -0.25) is 10.1 Å². The summed E-state index contributed by atoms with van der Waals surface area (Å²) in [5.41, 5.74) is 2.97. The van der Waals surface area contributed by atoms with Crippen LogP contribution >= 0.6 is 59.4 Å². The van der Waals surface area contributed by atoms with Crippen molar-refractivity contribution in [3.05, 3.63) is 80.5 Å². The smallest absolute Gasteiger partial charge is 0.269 e. The van der Waals surface area contributed by atoms with Crippen LogP contribution in [-0.4, -0.2) is 12.0 Å². The fraction of sp³-hybridized carbons (Fsp3) is 0.176. The van der Waals surface area contributed by atoms with Gasteiger partial charge >= 0.3 is 0 Å². The molecule has 4 nitrogen and oxygen atoms in total. The number of alkyl halides is 3. The van der Waals surface area contributed by atoms with Gasteiger partial charge in [0.1, 0.15) is 0 Å². The summed E-state index contributed by atoms with van der Waals surface area (Å²) < 4.78 is -0.568. The molecule has 0 saturated carbocycles. The second-order valence-corrected chi connectivity index (χ2v) is 12.9. The number of nitro benzene ring substituents is 1. The molecule has 0 radical (unpaired) electrons. The zero-order valence-electron chi connectivity index (χ0n) is 12.7. The van der Waals surface area contributed by atoms with Gasteiger partial charge in [-0.05, 0) is 28.8 Å². The first kappa shape index (κ1) is 18.9. The molecule has 0 bridgehead atoms. The highest BCUT2D eigenvalue weighted by atomic mass is 80.0. The Hall–Kier alpha value is -0.890. The van der Waals surface area contributed by atoms with Crippen molar-refractivity contribution < 1.29 is 4.92 Å². The Labute approximate surface area is 175 Å². The highest BCUT2D eigenvalue weighted by Gasteiger charge is 2.38. The molecule has 0 saturated heterocycles. The first-order valence-corrected chi connectivity index (χ1v) is 10.1. The summed E-state index contributed by atoms with van der Waals surface area (Å²) >= 11 is 17.2. The number of nitro groups is 1. The molecule has 2 aromatic rings. The maximum absolute atomic E-state index is 11.1. The monoisotopic (exact) mass is 548 g/mol. The number of nitrogens with zero attached hydrogens (tertiary/aromatic N) is 2. The number of rotatable bonds is 3. The van der Waals surface area contributed by atoms with Crippen LogP contribution in [0.5, 0.6) is 0 Å². The van der Waals surface area contributed by atoms with E-state index in [-0.39, 0.29) is 11.7 Å². The minimum Gasteiger partial charge on any atom is -0.363 e. The van der Waals surface area contributed by atoms with Gasteiger partial charge in [-0.15, -0.1) is 0 Å². The van der Waals surface area contributed by atoms with Crippen LogP contribution in [0.3, 0.4) is 0 Å². The summed E-state index contributed by atoms with van der Waals surface area (Å²) in [7, 11) is 0. The summed E-state index contributed by atoms with van der Waals surface area (Å²) in [5, 5.41) is 11.6. The fourth-order valence-electron chi connectivity index (χ4n) is 2.85. The van der Waals surface area contributed by atoms with E-state index in [0.717, 1.165) is 11.1 Å². The zero-order chi connectivity index (χ0) is 18.2. The molecule has 1 heterocycles. The predicted molar refractivity (Wildman–Crippen MR) is 111 cm³/mol. The van der Waals surface area contributed by atoms with Crippen LogP contribution < -0.4 is 0 Å². The van der Waals surface area contributed by atoms with Gasteiger partial charge < -0.3 is 4.90 Å². The molecule has 3 rings (SSSR count). The van der Waals surface area contributed by atoms with E-state index >= 15 is 0 Å². The third-order valence-corrected chi connectivity index (χ3v) is 5.64. The summed E-state index contributed by atoms with van der Waals surface area (Å²) in [6.07, 6.45) is 4.00. The van der Waals surface area contributed by atoms with Gasteiger partial charge in [0, 0.05) is 29.9 Å². The first-order chi connectivity index (χ1) is 11.8. The van der Waals surface area contributed by atoms with Crippen LogP contribution in [-0.2, 0) is 6.54 Å². The number of halogens is 4. The normalized spacial score (nSPS) is 16.6. The molecular formula is C17H12Br3ClN2O2. The van der Waals surface area contributed by atoms with Gasteiger partial charge in [0.25, 0.3) is 5.69 Å². The summed E-state index contributed by atoms with van der Waals surface area (Å²) in [5.74, 6) is 0. The first-order valence-electron chi connectivity index (χ1n) is 7.30. The van der Waals surface area contributed by atoms with Crippen molar-refractivity contribution in [2.24, 2.45) is 0 Å². The Morgan fingerprint density at radius 2 is 1.92 bits per heavy atom. The highest BCUT2D eigenvalue weighted by molar-refractivity contribution is 9.39. The average Bonchev–Trinajstić information content (AvgIpc) is 2.55. The van der Waals surface area contributed by atoms with Crippen LogP contribution in [0.2, 0.25) is 5.02 Å². The Morgan fingerprint density at radius 1 is 1.20 bits per heavy atom. The molecule has 0 spiro atoms. The molecule has 2 aromatic carbocycles. The quantitative estimate of drug-likeness (QED) is 0.245. The van der Waals surface area contributed by atoms with E-state index in [9.17, 15) is 10.1 Å². The van der Waals surface area contributed by atoms with Gasteiger partial charge in [-0.25, -0.2) is 0 Å². The molecule has 1 unspecified atom stereocenters. The van der Waals surface area contributed by atoms with E-state index in [4.69, 9.17) is 11.6 Å². The highest BCUT2D eigenvalue weighted by Crippen LogP contribution is 2.51. The van der Waals surface area contributed by atoms with E-state index in [2.05, 4.69) is 64.8 Å². The molecule has 0 aromatic heterocycles. The standard InChI is InChI=1S/C17H12Br3ClN2O2/c18-17(19,20)16-14-4-2-1-3-11(14)7-8-22(16)10-12-9-13(23(24)25)5-6-15(12)21/h1-9,16H,10H2. The second kappa shape index (κ2) is 7.39. The molecule has 0 N–H and O–H groups in total. The Balaban J connectivity index is 2.00. The van der Waals surface area contributed by atoms with Gasteiger partial charge in [0.2, 0.25) is 0 Å². The molecule has 1 aliphatic heterocycles. The van der Waals surface area contributed by atoms with E-state index in [0.29, 0.717) is 17.1 Å². The second-order valence-electron chi connectivity index (χ2n) is 5.59. The van der Waals surface area contributed by atoms with E-state index in [1.165, 1.54) is 12.1 Å². The number of hydrogen-bond acceptors (Lipinski definition) is 3. The van der Waals surface area contributed by atoms with Crippen LogP contribution in [0.25, 0.3) is 6.08 Å². The molecule has 1 aliphatic rings. The SMILES string of the molecule is O=[N+]([O-])c1ccc(Cl)c(CN2C=Cc3ccccc3C2C(Br)(Br)Br)c1. The maximum Gasteiger partial charge on any atom is 0.269 e. The lowest BCUT2D eigenvalue weighted by Crippen LogP contribution is -2.34. The molecule has 130 valence electrons. The largest absolute Gasteiger partial charge is 0.363 e. The molecule has 25 heavy (non-hydrogen) atoms. The number of fused-ring (bicyclic) bond motifs is 1. The zero-order valence-corrected chi connectivity index (χ0v) is 18.2. The third kappa shape index (κ3) is 4.10. The fourth-order valence-corrected chi connectivity index (χ4v) is 4.56. The molecule has 1 atom stereocenters. The lowest BCUT2D eigenvalue weighted by Gasteiger charge is -2.39.